The van der Waals surface area contributed by atoms with Gasteiger partial charge < -0.3 is 15.0 Å². The second-order valence-corrected chi connectivity index (χ2v) is 4.43. The number of methoxy groups -OCH3 is 1. The lowest BCUT2D eigenvalue weighted by atomic mass is 10.3. The molecule has 6 nitrogen and oxygen atoms in total. The highest BCUT2D eigenvalue weighted by atomic mass is 32.2. The largest absolute Gasteiger partial charge is 0.382 e. The van der Waals surface area contributed by atoms with Gasteiger partial charge in [0.25, 0.3) is 5.24 Å². The van der Waals surface area contributed by atoms with Crippen LogP contribution in [0.2, 0.25) is 0 Å². The van der Waals surface area contributed by atoms with Crippen LogP contribution in [0.5, 0.6) is 0 Å². The van der Waals surface area contributed by atoms with Crippen molar-refractivity contribution in [3.63, 3.8) is 0 Å². The summed E-state index contributed by atoms with van der Waals surface area (Å²) in [6.45, 7) is 0.209. The van der Waals surface area contributed by atoms with Crippen molar-refractivity contribution in [1.82, 2.24) is 10.2 Å². The van der Waals surface area contributed by atoms with Gasteiger partial charge in [-0.3, -0.25) is 14.6 Å². The van der Waals surface area contributed by atoms with Crippen molar-refractivity contribution in [3.8, 4) is 0 Å². The van der Waals surface area contributed by atoms with Crippen LogP contribution in [-0.2, 0) is 9.53 Å². The van der Waals surface area contributed by atoms with E-state index in [1.54, 1.807) is 14.1 Å². The summed E-state index contributed by atoms with van der Waals surface area (Å²) in [6.07, 6.45) is 0. The predicted octanol–water partition coefficient (Wildman–Crippen LogP) is -0.0555. The molecule has 2 amide bonds. The van der Waals surface area contributed by atoms with E-state index in [1.807, 2.05) is 0 Å². The fourth-order valence-electron chi connectivity index (χ4n) is 1.20. The van der Waals surface area contributed by atoms with E-state index in [0.29, 0.717) is 11.6 Å². The van der Waals surface area contributed by atoms with Crippen LogP contribution in [0.3, 0.4) is 0 Å². The van der Waals surface area contributed by atoms with Crippen LogP contribution in [0.25, 0.3) is 0 Å². The molecule has 0 aliphatic carbocycles. The number of ether oxygens (including phenoxy) is 1. The molecule has 1 fully saturated rings. The molecule has 1 atom stereocenters. The van der Waals surface area contributed by atoms with Crippen LogP contribution in [0.4, 0.5) is 4.79 Å². The maximum absolute atomic E-state index is 11.7. The lowest BCUT2D eigenvalue weighted by Crippen LogP contribution is -2.37. The lowest BCUT2D eigenvalue weighted by Gasteiger charge is -2.16. The zero-order valence-corrected chi connectivity index (χ0v) is 10.3. The Morgan fingerprint density at radius 1 is 1.69 bits per heavy atom. The molecule has 0 spiro atoms. The molecule has 1 rings (SSSR count). The SMILES string of the molecule is COC[C@@H](N=C1CSC(=O)N1)C(=O)N(C)C. The smallest absolute Gasteiger partial charge is 0.284 e. The number of amidine groups is 1. The number of hydrogen-bond donors (Lipinski definition) is 1. The summed E-state index contributed by atoms with van der Waals surface area (Å²) in [5, 5.41) is 2.45. The van der Waals surface area contributed by atoms with Gasteiger partial charge >= 0.3 is 0 Å². The first-order chi connectivity index (χ1) is 7.54. The molecule has 0 aromatic carbocycles. The summed E-state index contributed by atoms with van der Waals surface area (Å²) < 4.78 is 4.94. The highest BCUT2D eigenvalue weighted by Crippen LogP contribution is 2.10. The van der Waals surface area contributed by atoms with E-state index in [9.17, 15) is 9.59 Å². The van der Waals surface area contributed by atoms with Crippen molar-refractivity contribution >= 4 is 28.7 Å². The minimum absolute atomic E-state index is 0.132. The average Bonchev–Trinajstić information content (AvgIpc) is 2.62. The van der Waals surface area contributed by atoms with Crippen LogP contribution in [-0.4, -0.2) is 61.5 Å². The van der Waals surface area contributed by atoms with Gasteiger partial charge in [0.2, 0.25) is 5.91 Å². The Bertz CT molecular complexity index is 317. The van der Waals surface area contributed by atoms with E-state index in [4.69, 9.17) is 4.74 Å². The Labute approximate surface area is 98.4 Å². The van der Waals surface area contributed by atoms with Crippen molar-refractivity contribution in [2.24, 2.45) is 4.99 Å². The molecule has 0 aromatic rings. The topological polar surface area (TPSA) is 71.0 Å². The van der Waals surface area contributed by atoms with Gasteiger partial charge in [0.15, 0.2) is 6.04 Å². The standard InChI is InChI=1S/C9H15N3O3S/c1-12(2)8(13)6(4-15-3)10-7-5-16-9(14)11-7/h6H,4-5H2,1-3H3,(H,10,11,14)/t6-/m1/s1. The maximum Gasteiger partial charge on any atom is 0.284 e. The van der Waals surface area contributed by atoms with Gasteiger partial charge in [0.05, 0.1) is 12.4 Å². The number of aliphatic imine (C=N–C) groups is 1. The van der Waals surface area contributed by atoms with Gasteiger partial charge in [-0.1, -0.05) is 11.8 Å². The Morgan fingerprint density at radius 3 is 2.81 bits per heavy atom. The summed E-state index contributed by atoms with van der Waals surface area (Å²) in [6, 6.07) is -0.589. The van der Waals surface area contributed by atoms with Crippen molar-refractivity contribution in [3.05, 3.63) is 0 Å². The number of amides is 2. The van der Waals surface area contributed by atoms with E-state index in [0.717, 1.165) is 11.8 Å². The van der Waals surface area contributed by atoms with Crippen LogP contribution in [0.15, 0.2) is 4.99 Å². The minimum Gasteiger partial charge on any atom is -0.382 e. The van der Waals surface area contributed by atoms with Crippen LogP contribution in [0.1, 0.15) is 0 Å². The molecule has 7 heteroatoms. The van der Waals surface area contributed by atoms with E-state index in [2.05, 4.69) is 10.3 Å². The highest BCUT2D eigenvalue weighted by molar-refractivity contribution is 8.14. The van der Waals surface area contributed by atoms with Gasteiger partial charge in [-0.25, -0.2) is 0 Å². The number of likely N-dealkylation sites (N-methyl/N-ethyl adjacent to an activating group) is 1. The number of nitrogens with zero attached hydrogens (tertiary/aromatic N) is 2. The molecule has 1 aliphatic heterocycles. The number of thioether (sulfide) groups is 1. The third-order valence-corrected chi connectivity index (χ3v) is 2.73. The van der Waals surface area contributed by atoms with Crippen LogP contribution in [0, 0.1) is 0 Å². The lowest BCUT2D eigenvalue weighted by molar-refractivity contribution is -0.131. The molecule has 0 radical (unpaired) electrons. The minimum atomic E-state index is -0.589. The van der Waals surface area contributed by atoms with Gasteiger partial charge in [0.1, 0.15) is 5.84 Å². The number of carbonyl (C=O) groups is 2. The Hall–Kier alpha value is -1.08. The average molecular weight is 245 g/mol. The Balaban J connectivity index is 2.71. The predicted molar refractivity (Wildman–Crippen MR) is 62.8 cm³/mol. The molecular formula is C9H15N3O3S. The normalized spacial score (nSPS) is 19.7. The van der Waals surface area contributed by atoms with Crippen LogP contribution >= 0.6 is 11.8 Å². The van der Waals surface area contributed by atoms with Gasteiger partial charge in [-0.15, -0.1) is 0 Å². The summed E-state index contributed by atoms with van der Waals surface area (Å²) in [4.78, 5) is 28.3. The van der Waals surface area contributed by atoms with Gasteiger partial charge in [0, 0.05) is 21.2 Å². The molecule has 0 aromatic heterocycles. The third-order valence-electron chi connectivity index (χ3n) is 1.95. The van der Waals surface area contributed by atoms with E-state index < -0.39 is 6.04 Å². The van der Waals surface area contributed by atoms with Crippen molar-refractivity contribution in [1.29, 1.82) is 0 Å². The molecule has 16 heavy (non-hydrogen) atoms. The fraction of sp³-hybridized carbons (Fsp3) is 0.667. The Morgan fingerprint density at radius 2 is 2.38 bits per heavy atom. The first kappa shape index (κ1) is 13.0. The van der Waals surface area contributed by atoms with E-state index in [1.165, 1.54) is 12.0 Å². The number of carbonyl (C=O) groups excluding carboxylic acids is 2. The van der Waals surface area contributed by atoms with Crippen molar-refractivity contribution in [2.45, 2.75) is 6.04 Å². The summed E-state index contributed by atoms with van der Waals surface area (Å²) in [7, 11) is 4.83. The molecule has 0 saturated carbocycles. The summed E-state index contributed by atoms with van der Waals surface area (Å²) >= 11 is 1.14. The first-order valence-electron chi connectivity index (χ1n) is 4.75. The maximum atomic E-state index is 11.7. The number of rotatable bonds is 4. The molecule has 90 valence electrons. The molecule has 0 unspecified atom stereocenters. The third kappa shape index (κ3) is 3.49. The number of nitrogens with one attached hydrogen (secondary N) is 1. The van der Waals surface area contributed by atoms with E-state index >= 15 is 0 Å². The summed E-state index contributed by atoms with van der Waals surface area (Å²) in [5.74, 6) is 0.882. The molecule has 1 saturated heterocycles. The Kier molecular flexibility index (Phi) is 4.75. The monoisotopic (exact) mass is 245 g/mol. The fourth-order valence-corrected chi connectivity index (χ4v) is 1.81. The van der Waals surface area contributed by atoms with Gasteiger partial charge in [-0.2, -0.15) is 0 Å². The second-order valence-electron chi connectivity index (χ2n) is 3.48. The van der Waals surface area contributed by atoms with Crippen molar-refractivity contribution in [2.75, 3.05) is 33.6 Å². The highest BCUT2D eigenvalue weighted by Gasteiger charge is 2.23. The van der Waals surface area contributed by atoms with Gasteiger partial charge in [-0.05, 0) is 0 Å². The zero-order chi connectivity index (χ0) is 12.1. The molecule has 1 aliphatic rings. The van der Waals surface area contributed by atoms with Crippen molar-refractivity contribution < 1.29 is 14.3 Å². The molecule has 1 N–H and O–H groups in total. The zero-order valence-electron chi connectivity index (χ0n) is 9.52. The first-order valence-corrected chi connectivity index (χ1v) is 5.73. The molecule has 1 heterocycles. The molecule has 0 bridgehead atoms. The number of hydrogen-bond acceptors (Lipinski definition) is 5. The summed E-state index contributed by atoms with van der Waals surface area (Å²) in [5.41, 5.74) is 0. The van der Waals surface area contributed by atoms with Crippen LogP contribution < -0.4 is 5.32 Å². The van der Waals surface area contributed by atoms with E-state index in [-0.39, 0.29) is 17.8 Å². The molecular weight excluding hydrogens is 230 g/mol. The quantitative estimate of drug-likeness (QED) is 0.753. The second kappa shape index (κ2) is 5.86.